The number of urea groups is 1. The fourth-order valence-corrected chi connectivity index (χ4v) is 1.20. The van der Waals surface area contributed by atoms with E-state index in [2.05, 4.69) is 5.32 Å². The van der Waals surface area contributed by atoms with Crippen LogP contribution in [0.1, 0.15) is 20.3 Å². The van der Waals surface area contributed by atoms with Gasteiger partial charge in [0.15, 0.2) is 0 Å². The fraction of sp³-hybridized carbons (Fsp3) is 0.800. The average Bonchev–Trinajstić information content (AvgIpc) is 2.16. The maximum atomic E-state index is 11.5. The Morgan fingerprint density at radius 3 is 2.31 bits per heavy atom. The molecule has 0 aliphatic rings. The largest absolute Gasteiger partial charge is 0.480 e. The van der Waals surface area contributed by atoms with Crippen LogP contribution in [0.2, 0.25) is 0 Å². The fourth-order valence-electron chi connectivity index (χ4n) is 1.20. The molecule has 0 radical (unpaired) electrons. The van der Waals surface area contributed by atoms with Crippen LogP contribution in [-0.4, -0.2) is 53.4 Å². The van der Waals surface area contributed by atoms with Gasteiger partial charge in [-0.15, -0.1) is 0 Å². The number of nitrogens with zero attached hydrogens (tertiary/aromatic N) is 1. The molecule has 0 aromatic rings. The third-order valence-corrected chi connectivity index (χ3v) is 2.09. The molecule has 0 aliphatic carbocycles. The number of carbonyl (C=O) groups is 2. The molecular formula is C10H20N2O4. The Labute approximate surface area is 95.2 Å². The standard InChI is InChI=1S/C10H20N2O4/c1-7(2)6-8(9(14)15)11-10(16)12(3)4-5-13/h7-8,13H,4-6H2,1-3H3,(H,11,16)(H,14,15)/t8-/m1/s1. The van der Waals surface area contributed by atoms with Gasteiger partial charge in [0.1, 0.15) is 6.04 Å². The average molecular weight is 232 g/mol. The number of likely N-dealkylation sites (N-methyl/N-ethyl adjacent to an activating group) is 1. The van der Waals surface area contributed by atoms with E-state index in [1.807, 2.05) is 13.8 Å². The molecule has 0 aromatic heterocycles. The number of hydrogen-bond donors (Lipinski definition) is 3. The summed E-state index contributed by atoms with van der Waals surface area (Å²) in [6, 6.07) is -1.37. The van der Waals surface area contributed by atoms with E-state index < -0.39 is 18.0 Å². The molecule has 0 saturated carbocycles. The first-order valence-electron chi connectivity index (χ1n) is 5.23. The minimum absolute atomic E-state index is 0.147. The SMILES string of the molecule is CC(C)C[C@@H](NC(=O)N(C)CCO)C(=O)O. The van der Waals surface area contributed by atoms with Crippen LogP contribution in [-0.2, 0) is 4.79 Å². The molecule has 0 spiro atoms. The van der Waals surface area contributed by atoms with Crippen molar-refractivity contribution in [2.24, 2.45) is 5.92 Å². The van der Waals surface area contributed by atoms with Crippen molar-refractivity contribution >= 4 is 12.0 Å². The van der Waals surface area contributed by atoms with E-state index in [0.29, 0.717) is 6.42 Å². The van der Waals surface area contributed by atoms with Crippen LogP contribution < -0.4 is 5.32 Å². The quantitative estimate of drug-likeness (QED) is 0.606. The van der Waals surface area contributed by atoms with Crippen molar-refractivity contribution in [2.45, 2.75) is 26.3 Å². The molecule has 1 atom stereocenters. The number of nitrogens with one attached hydrogen (secondary N) is 1. The van der Waals surface area contributed by atoms with Gasteiger partial charge >= 0.3 is 12.0 Å². The second-order valence-electron chi connectivity index (χ2n) is 4.12. The van der Waals surface area contributed by atoms with Crippen LogP contribution in [0, 0.1) is 5.92 Å². The molecular weight excluding hydrogens is 212 g/mol. The van der Waals surface area contributed by atoms with Crippen molar-refractivity contribution < 1.29 is 19.8 Å². The number of aliphatic carboxylic acids is 1. The van der Waals surface area contributed by atoms with E-state index in [-0.39, 0.29) is 19.1 Å². The Morgan fingerprint density at radius 2 is 1.94 bits per heavy atom. The molecule has 16 heavy (non-hydrogen) atoms. The minimum Gasteiger partial charge on any atom is -0.480 e. The molecule has 0 aliphatic heterocycles. The third-order valence-electron chi connectivity index (χ3n) is 2.09. The second-order valence-corrected chi connectivity index (χ2v) is 4.12. The Hall–Kier alpha value is -1.30. The number of carboxylic acids is 1. The van der Waals surface area contributed by atoms with Gasteiger partial charge in [0, 0.05) is 13.6 Å². The summed E-state index contributed by atoms with van der Waals surface area (Å²) < 4.78 is 0. The van der Waals surface area contributed by atoms with Crippen LogP contribution in [0.3, 0.4) is 0 Å². The summed E-state index contributed by atoms with van der Waals surface area (Å²) in [5.41, 5.74) is 0. The van der Waals surface area contributed by atoms with Crippen molar-refractivity contribution in [3.05, 3.63) is 0 Å². The molecule has 0 saturated heterocycles. The van der Waals surface area contributed by atoms with Crippen molar-refractivity contribution in [3.8, 4) is 0 Å². The normalized spacial score (nSPS) is 12.3. The highest BCUT2D eigenvalue weighted by Gasteiger charge is 2.22. The zero-order valence-electron chi connectivity index (χ0n) is 9.93. The lowest BCUT2D eigenvalue weighted by Crippen LogP contribution is -2.47. The van der Waals surface area contributed by atoms with E-state index in [4.69, 9.17) is 10.2 Å². The van der Waals surface area contributed by atoms with Crippen LogP contribution in [0.5, 0.6) is 0 Å². The Morgan fingerprint density at radius 1 is 1.38 bits per heavy atom. The van der Waals surface area contributed by atoms with Crippen LogP contribution in [0.25, 0.3) is 0 Å². The Kier molecular flexibility index (Phi) is 6.48. The van der Waals surface area contributed by atoms with Gasteiger partial charge in [0.2, 0.25) is 0 Å². The summed E-state index contributed by atoms with van der Waals surface area (Å²) >= 11 is 0. The molecule has 3 N–H and O–H groups in total. The van der Waals surface area contributed by atoms with Gasteiger partial charge in [-0.25, -0.2) is 9.59 Å². The van der Waals surface area contributed by atoms with E-state index in [1.165, 1.54) is 11.9 Å². The molecule has 0 fully saturated rings. The first-order chi connectivity index (χ1) is 7.38. The van der Waals surface area contributed by atoms with Gasteiger partial charge < -0.3 is 20.4 Å². The van der Waals surface area contributed by atoms with Crippen molar-refractivity contribution in [1.29, 1.82) is 0 Å². The second kappa shape index (κ2) is 7.05. The van der Waals surface area contributed by atoms with Crippen molar-refractivity contribution in [2.75, 3.05) is 20.2 Å². The number of hydrogen-bond acceptors (Lipinski definition) is 3. The zero-order valence-corrected chi connectivity index (χ0v) is 9.93. The molecule has 0 unspecified atom stereocenters. The maximum Gasteiger partial charge on any atom is 0.326 e. The minimum atomic E-state index is -1.04. The summed E-state index contributed by atoms with van der Waals surface area (Å²) in [6.07, 6.45) is 0.383. The van der Waals surface area contributed by atoms with Crippen LogP contribution in [0.15, 0.2) is 0 Å². The van der Waals surface area contributed by atoms with Gasteiger partial charge in [-0.05, 0) is 12.3 Å². The predicted octanol–water partition coefficient (Wildman–Crippen LogP) is 0.119. The number of rotatable bonds is 6. The molecule has 2 amide bonds. The van der Waals surface area contributed by atoms with Crippen LogP contribution in [0.4, 0.5) is 4.79 Å². The number of aliphatic hydroxyl groups is 1. The molecule has 6 nitrogen and oxygen atoms in total. The van der Waals surface area contributed by atoms with Gasteiger partial charge in [-0.1, -0.05) is 13.8 Å². The number of aliphatic hydroxyl groups excluding tert-OH is 1. The Balaban J connectivity index is 4.28. The van der Waals surface area contributed by atoms with Crippen molar-refractivity contribution in [3.63, 3.8) is 0 Å². The lowest BCUT2D eigenvalue weighted by Gasteiger charge is -2.21. The highest BCUT2D eigenvalue weighted by atomic mass is 16.4. The zero-order chi connectivity index (χ0) is 12.7. The number of amides is 2. The maximum absolute atomic E-state index is 11.5. The van der Waals surface area contributed by atoms with E-state index in [9.17, 15) is 9.59 Å². The van der Waals surface area contributed by atoms with E-state index in [0.717, 1.165) is 0 Å². The van der Waals surface area contributed by atoms with Gasteiger partial charge in [0.05, 0.1) is 6.61 Å². The lowest BCUT2D eigenvalue weighted by molar-refractivity contribution is -0.139. The van der Waals surface area contributed by atoms with Gasteiger partial charge in [-0.2, -0.15) is 0 Å². The summed E-state index contributed by atoms with van der Waals surface area (Å²) in [6.45, 7) is 3.81. The first kappa shape index (κ1) is 14.7. The van der Waals surface area contributed by atoms with E-state index in [1.54, 1.807) is 0 Å². The number of carbonyl (C=O) groups excluding carboxylic acids is 1. The predicted molar refractivity (Wildman–Crippen MR) is 59.1 cm³/mol. The lowest BCUT2D eigenvalue weighted by atomic mass is 10.0. The highest BCUT2D eigenvalue weighted by molar-refractivity contribution is 5.82. The molecule has 94 valence electrons. The molecule has 6 heteroatoms. The number of carboxylic acid groups (broad SMARTS) is 1. The highest BCUT2D eigenvalue weighted by Crippen LogP contribution is 2.05. The monoisotopic (exact) mass is 232 g/mol. The van der Waals surface area contributed by atoms with Crippen molar-refractivity contribution in [1.82, 2.24) is 10.2 Å². The van der Waals surface area contributed by atoms with Gasteiger partial charge in [-0.3, -0.25) is 0 Å². The van der Waals surface area contributed by atoms with E-state index >= 15 is 0 Å². The first-order valence-corrected chi connectivity index (χ1v) is 5.23. The molecule has 0 rings (SSSR count). The molecule has 0 aromatic carbocycles. The third kappa shape index (κ3) is 5.55. The molecule has 0 bridgehead atoms. The smallest absolute Gasteiger partial charge is 0.326 e. The summed E-state index contributed by atoms with van der Waals surface area (Å²) in [5, 5.41) is 19.9. The summed E-state index contributed by atoms with van der Waals surface area (Å²) in [4.78, 5) is 23.6. The Bertz CT molecular complexity index is 243. The topological polar surface area (TPSA) is 89.9 Å². The summed E-state index contributed by atoms with van der Waals surface area (Å²) in [5.74, 6) is -0.857. The van der Waals surface area contributed by atoms with Gasteiger partial charge in [0.25, 0.3) is 0 Å². The summed E-state index contributed by atoms with van der Waals surface area (Å²) in [7, 11) is 1.50. The van der Waals surface area contributed by atoms with Crippen LogP contribution >= 0.6 is 0 Å². The molecule has 0 heterocycles.